The van der Waals surface area contributed by atoms with Crippen molar-refractivity contribution >= 4 is 17.5 Å². The SMILES string of the molecule is C=CCOc1ccc2c(c1)C1C(CCCCO)C(CCCCO)C=C3C(=NOCc4ccc([N+](=O)[O-])cc4)CC(N(CCC)C(=O)OCCOCc4ccccc4)C(OCC=C)(O2)C31. The van der Waals surface area contributed by atoms with Crippen LogP contribution in [-0.4, -0.2) is 89.9 Å². The van der Waals surface area contributed by atoms with Crippen molar-refractivity contribution in [2.75, 3.05) is 46.2 Å². The summed E-state index contributed by atoms with van der Waals surface area (Å²) in [5.74, 6) is -0.901. The van der Waals surface area contributed by atoms with Gasteiger partial charge in [-0.3, -0.25) is 15.0 Å². The molecule has 3 aliphatic rings. The van der Waals surface area contributed by atoms with Crippen LogP contribution in [0.25, 0.3) is 0 Å². The van der Waals surface area contributed by atoms with Gasteiger partial charge in [0.1, 0.15) is 37.4 Å². The van der Waals surface area contributed by atoms with Crippen LogP contribution >= 0.6 is 0 Å². The van der Waals surface area contributed by atoms with Crippen LogP contribution in [0, 0.1) is 27.9 Å². The third kappa shape index (κ3) is 11.6. The van der Waals surface area contributed by atoms with Crippen molar-refractivity contribution in [3.8, 4) is 11.5 Å². The van der Waals surface area contributed by atoms with Gasteiger partial charge >= 0.3 is 6.09 Å². The van der Waals surface area contributed by atoms with Crippen LogP contribution in [0.1, 0.15) is 80.9 Å². The summed E-state index contributed by atoms with van der Waals surface area (Å²) >= 11 is 0. The quantitative estimate of drug-likeness (QED) is 0.0341. The Labute approximate surface area is 376 Å². The summed E-state index contributed by atoms with van der Waals surface area (Å²) in [4.78, 5) is 33.3. The van der Waals surface area contributed by atoms with E-state index in [1.54, 1.807) is 29.2 Å². The summed E-state index contributed by atoms with van der Waals surface area (Å²) in [5, 5.41) is 36.0. The topological polar surface area (TPSA) is 172 Å². The van der Waals surface area contributed by atoms with E-state index in [0.29, 0.717) is 61.8 Å². The number of hydrogen-bond donors (Lipinski definition) is 2. The number of unbranched alkanes of at least 4 members (excludes halogenated alkanes) is 2. The van der Waals surface area contributed by atoms with E-state index < -0.39 is 28.8 Å². The third-order valence-electron chi connectivity index (χ3n) is 12.2. The molecule has 2 N–H and O–H groups in total. The van der Waals surface area contributed by atoms with Crippen molar-refractivity contribution in [2.45, 2.75) is 89.3 Å². The maximum absolute atomic E-state index is 14.5. The molecule has 3 aromatic rings. The molecule has 2 aliphatic carbocycles. The van der Waals surface area contributed by atoms with Gasteiger partial charge in [0, 0.05) is 49.8 Å². The van der Waals surface area contributed by atoms with Gasteiger partial charge in [-0.2, -0.15) is 0 Å². The Morgan fingerprint density at radius 3 is 2.39 bits per heavy atom. The number of oxime groups is 1. The molecule has 6 rings (SSSR count). The molecule has 6 atom stereocenters. The Kier molecular flexibility index (Phi) is 17.9. The van der Waals surface area contributed by atoms with Crippen LogP contribution in [0.2, 0.25) is 0 Å². The smallest absolute Gasteiger partial charge is 0.410 e. The average Bonchev–Trinajstić information content (AvgIpc) is 3.31. The minimum absolute atomic E-state index is 0.0231. The number of nitro benzene ring substituents is 1. The first-order valence-electron chi connectivity index (χ1n) is 22.5. The molecule has 3 aromatic carbocycles. The number of carbonyl (C=O) groups is 1. The van der Waals surface area contributed by atoms with E-state index >= 15 is 0 Å². The number of ether oxygens (including phenoxy) is 5. The first-order chi connectivity index (χ1) is 31.3. The van der Waals surface area contributed by atoms with Gasteiger partial charge < -0.3 is 38.7 Å². The third-order valence-corrected chi connectivity index (χ3v) is 12.2. The van der Waals surface area contributed by atoms with Crippen molar-refractivity contribution in [1.29, 1.82) is 0 Å². The van der Waals surface area contributed by atoms with Crippen molar-refractivity contribution in [1.82, 2.24) is 4.90 Å². The summed E-state index contributed by atoms with van der Waals surface area (Å²) < 4.78 is 32.3. The van der Waals surface area contributed by atoms with Crippen molar-refractivity contribution < 1.29 is 48.5 Å². The number of carbonyl (C=O) groups excluding carboxylic acids is 1. The standard InChI is InChI=1S/C50H63N3O11/c1-4-24-52(49(56)61-30-29-59-34-36-14-8-7-9-15-36)46-33-44(51-63-35-37-18-20-39(21-19-37)53(57)58)42-31-38(16-10-12-25-54)41(17-11-13-26-55)47-43-32-40(60-27-5-2)22-23-45(43)64-50(46,48(42)47)62-28-6-3/h5-9,14-15,18-23,31-32,38,41,46-48,54-55H,2-4,10-13,16-17,24-30,33-35H2,1H3. The van der Waals surface area contributed by atoms with Crippen LogP contribution in [0.3, 0.4) is 0 Å². The van der Waals surface area contributed by atoms with E-state index in [4.69, 9.17) is 33.7 Å². The summed E-state index contributed by atoms with van der Waals surface area (Å²) in [6, 6.07) is 21.0. The van der Waals surface area contributed by atoms with Gasteiger partial charge in [0.25, 0.3) is 5.69 Å². The van der Waals surface area contributed by atoms with Crippen molar-refractivity contribution in [3.63, 3.8) is 0 Å². The van der Waals surface area contributed by atoms with Crippen molar-refractivity contribution in [3.05, 3.63) is 137 Å². The van der Waals surface area contributed by atoms with E-state index in [2.05, 4.69) is 19.2 Å². The Morgan fingerprint density at radius 2 is 1.69 bits per heavy atom. The van der Waals surface area contributed by atoms with E-state index in [-0.39, 0.29) is 69.5 Å². The van der Waals surface area contributed by atoms with Crippen LogP contribution < -0.4 is 9.47 Å². The summed E-state index contributed by atoms with van der Waals surface area (Å²) in [7, 11) is 0. The lowest BCUT2D eigenvalue weighted by atomic mass is 9.55. The first-order valence-corrected chi connectivity index (χ1v) is 22.5. The maximum Gasteiger partial charge on any atom is 0.410 e. The lowest BCUT2D eigenvalue weighted by Gasteiger charge is -2.59. The fourth-order valence-corrected chi connectivity index (χ4v) is 9.44. The summed E-state index contributed by atoms with van der Waals surface area (Å²) in [6.45, 7) is 11.4. The molecule has 0 spiro atoms. The van der Waals surface area contributed by atoms with Crippen LogP contribution in [0.15, 0.2) is 115 Å². The minimum Gasteiger partial charge on any atom is -0.490 e. The highest BCUT2D eigenvalue weighted by Crippen LogP contribution is 2.62. The van der Waals surface area contributed by atoms with Gasteiger partial charge in [-0.15, -0.1) is 6.58 Å². The molecule has 1 amide bonds. The predicted molar refractivity (Wildman–Crippen MR) is 243 cm³/mol. The highest BCUT2D eigenvalue weighted by Gasteiger charge is 2.65. The number of hydrogen-bond acceptors (Lipinski definition) is 12. The number of allylic oxidation sites excluding steroid dienone is 1. The summed E-state index contributed by atoms with van der Waals surface area (Å²) in [6.07, 6.45) is 10.3. The number of aliphatic hydroxyl groups is 2. The second-order valence-corrected chi connectivity index (χ2v) is 16.4. The van der Waals surface area contributed by atoms with E-state index in [0.717, 1.165) is 42.4 Å². The molecule has 1 aliphatic heterocycles. The molecule has 1 heterocycles. The molecule has 1 saturated carbocycles. The molecule has 14 nitrogen and oxygen atoms in total. The monoisotopic (exact) mass is 881 g/mol. The Morgan fingerprint density at radius 1 is 0.953 bits per heavy atom. The molecular formula is C50H63N3O11. The van der Waals surface area contributed by atoms with Gasteiger partial charge in [-0.25, -0.2) is 4.79 Å². The van der Waals surface area contributed by atoms with E-state index in [9.17, 15) is 25.1 Å². The molecule has 344 valence electrons. The van der Waals surface area contributed by atoms with Crippen LogP contribution in [0.5, 0.6) is 11.5 Å². The molecule has 0 radical (unpaired) electrons. The molecule has 14 heteroatoms. The zero-order valence-corrected chi connectivity index (χ0v) is 36.9. The van der Waals surface area contributed by atoms with Crippen LogP contribution in [-0.2, 0) is 32.3 Å². The minimum atomic E-state index is -1.46. The van der Waals surface area contributed by atoms with Gasteiger partial charge in [0.15, 0.2) is 0 Å². The highest BCUT2D eigenvalue weighted by molar-refractivity contribution is 6.03. The average molecular weight is 882 g/mol. The van der Waals surface area contributed by atoms with E-state index in [1.165, 1.54) is 12.1 Å². The first kappa shape index (κ1) is 47.9. The molecule has 0 aromatic heterocycles. The number of amides is 1. The van der Waals surface area contributed by atoms with Gasteiger partial charge in [0.2, 0.25) is 5.79 Å². The fourth-order valence-electron chi connectivity index (χ4n) is 9.44. The number of benzene rings is 3. The van der Waals surface area contributed by atoms with Crippen molar-refractivity contribution in [2.24, 2.45) is 22.9 Å². The number of nitrogens with zero attached hydrogens (tertiary/aromatic N) is 3. The number of nitro groups is 1. The summed E-state index contributed by atoms with van der Waals surface area (Å²) in [5.41, 5.74) is 4.11. The maximum atomic E-state index is 14.5. The Bertz CT molecular complexity index is 2060. The second kappa shape index (κ2) is 23.9. The number of rotatable bonds is 26. The highest BCUT2D eigenvalue weighted by atomic mass is 16.7. The van der Waals surface area contributed by atoms with Gasteiger partial charge in [0.05, 0.1) is 36.4 Å². The molecule has 64 heavy (non-hydrogen) atoms. The zero-order valence-electron chi connectivity index (χ0n) is 36.9. The molecule has 6 unspecified atom stereocenters. The number of fused-ring (bicyclic) bond motifs is 2. The van der Waals surface area contributed by atoms with Gasteiger partial charge in [-0.05, 0) is 91.0 Å². The number of non-ortho nitro benzene ring substituents is 1. The van der Waals surface area contributed by atoms with E-state index in [1.807, 2.05) is 55.5 Å². The Hall–Kier alpha value is -5.54. The molecular weight excluding hydrogens is 819 g/mol. The second-order valence-electron chi connectivity index (χ2n) is 16.4. The normalized spacial score (nSPS) is 22.6. The zero-order chi connectivity index (χ0) is 45.3. The van der Waals surface area contributed by atoms with Gasteiger partial charge in [-0.1, -0.05) is 80.1 Å². The lowest BCUT2D eigenvalue weighted by Crippen LogP contribution is -2.70. The largest absolute Gasteiger partial charge is 0.490 e. The molecule has 0 saturated heterocycles. The molecule has 1 fully saturated rings. The lowest BCUT2D eigenvalue weighted by molar-refractivity contribution is -0.384. The molecule has 0 bridgehead atoms. The Balaban J connectivity index is 1.47. The number of aliphatic hydroxyl groups excluding tert-OH is 2. The van der Waals surface area contributed by atoms with Crippen LogP contribution in [0.4, 0.5) is 10.5 Å². The fraction of sp³-hybridized carbons (Fsp3) is 0.480. The predicted octanol–water partition coefficient (Wildman–Crippen LogP) is 9.06.